The number of aromatic nitrogens is 2. The number of hydrogen-bond donors (Lipinski definition) is 1. The van der Waals surface area contributed by atoms with Crippen molar-refractivity contribution in [2.75, 3.05) is 0 Å². The Labute approximate surface area is 104 Å². The summed E-state index contributed by atoms with van der Waals surface area (Å²) in [6.45, 7) is 0.552. The van der Waals surface area contributed by atoms with E-state index in [1.807, 2.05) is 0 Å². The molecule has 1 N–H and O–H groups in total. The van der Waals surface area contributed by atoms with E-state index in [-0.39, 0.29) is 11.5 Å². The lowest BCUT2D eigenvalue weighted by Gasteiger charge is -2.06. The van der Waals surface area contributed by atoms with Gasteiger partial charge in [-0.3, -0.25) is 4.98 Å². The molecule has 0 aromatic carbocycles. The van der Waals surface area contributed by atoms with E-state index in [1.54, 1.807) is 35.2 Å². The van der Waals surface area contributed by atoms with Crippen LogP contribution in [0.5, 0.6) is 0 Å². The molecule has 0 radical (unpaired) electrons. The van der Waals surface area contributed by atoms with Gasteiger partial charge >= 0.3 is 5.97 Å². The van der Waals surface area contributed by atoms with E-state index in [2.05, 4.69) is 4.98 Å². The first-order chi connectivity index (χ1) is 8.68. The minimum absolute atomic E-state index is 0.255. The molecule has 2 rings (SSSR count). The van der Waals surface area contributed by atoms with Crippen LogP contribution < -0.4 is 0 Å². The molecule has 0 aliphatic rings. The summed E-state index contributed by atoms with van der Waals surface area (Å²) in [5.74, 6) is -1.27. The molecule has 0 aliphatic carbocycles. The zero-order valence-electron chi connectivity index (χ0n) is 9.71. The summed E-state index contributed by atoms with van der Waals surface area (Å²) in [6, 6.07) is 4.88. The molecular formula is C13H13FN2O2. The summed E-state index contributed by atoms with van der Waals surface area (Å²) >= 11 is 0. The number of carboxylic acid groups (broad SMARTS) is 1. The average Bonchev–Trinajstić information content (AvgIpc) is 2.80. The third-order valence-electron chi connectivity index (χ3n) is 2.75. The first-order valence-corrected chi connectivity index (χ1v) is 5.65. The van der Waals surface area contributed by atoms with Crippen LogP contribution in [0.2, 0.25) is 0 Å². The summed E-state index contributed by atoms with van der Waals surface area (Å²) < 4.78 is 15.0. The molecule has 0 aliphatic heterocycles. The Hall–Kier alpha value is -2.17. The topological polar surface area (TPSA) is 55.1 Å². The van der Waals surface area contributed by atoms with E-state index in [0.29, 0.717) is 24.9 Å². The van der Waals surface area contributed by atoms with Crippen molar-refractivity contribution in [2.24, 2.45) is 0 Å². The van der Waals surface area contributed by atoms with Crippen molar-refractivity contribution < 1.29 is 14.3 Å². The van der Waals surface area contributed by atoms with Gasteiger partial charge in [0.05, 0.1) is 6.20 Å². The van der Waals surface area contributed by atoms with Crippen LogP contribution in [0, 0.1) is 5.82 Å². The predicted octanol–water partition coefficient (Wildman–Crippen LogP) is 2.35. The minimum atomic E-state index is -0.949. The van der Waals surface area contributed by atoms with Gasteiger partial charge in [0.2, 0.25) is 0 Å². The zero-order chi connectivity index (χ0) is 13.0. The smallest absolute Gasteiger partial charge is 0.352 e. The molecule has 0 unspecified atom stereocenters. The molecule has 0 atom stereocenters. The average molecular weight is 248 g/mol. The maximum absolute atomic E-state index is 13.3. The summed E-state index contributed by atoms with van der Waals surface area (Å²) in [5, 5.41) is 8.93. The van der Waals surface area contributed by atoms with Crippen LogP contribution >= 0.6 is 0 Å². The van der Waals surface area contributed by atoms with E-state index >= 15 is 0 Å². The Bertz CT molecular complexity index is 551. The summed E-state index contributed by atoms with van der Waals surface area (Å²) in [6.07, 6.45) is 5.69. The van der Waals surface area contributed by atoms with Crippen molar-refractivity contribution in [3.8, 4) is 0 Å². The fourth-order valence-corrected chi connectivity index (χ4v) is 1.85. The molecule has 0 amide bonds. The quantitative estimate of drug-likeness (QED) is 0.883. The fraction of sp³-hybridized carbons (Fsp3) is 0.231. The number of aryl methyl sites for hydroxylation is 2. The van der Waals surface area contributed by atoms with E-state index in [0.717, 1.165) is 0 Å². The van der Waals surface area contributed by atoms with Crippen molar-refractivity contribution in [1.29, 1.82) is 0 Å². The van der Waals surface area contributed by atoms with Crippen LogP contribution in [0.4, 0.5) is 4.39 Å². The van der Waals surface area contributed by atoms with Crippen LogP contribution in [-0.4, -0.2) is 20.6 Å². The summed E-state index contributed by atoms with van der Waals surface area (Å²) in [5.41, 5.74) is 0.860. The lowest BCUT2D eigenvalue weighted by Crippen LogP contribution is -2.08. The minimum Gasteiger partial charge on any atom is -0.477 e. The van der Waals surface area contributed by atoms with E-state index < -0.39 is 5.97 Å². The highest BCUT2D eigenvalue weighted by molar-refractivity contribution is 5.85. The Morgan fingerprint density at radius 2 is 2.28 bits per heavy atom. The highest BCUT2D eigenvalue weighted by atomic mass is 19.1. The van der Waals surface area contributed by atoms with Crippen LogP contribution in [0.1, 0.15) is 22.5 Å². The van der Waals surface area contributed by atoms with Crippen molar-refractivity contribution in [3.63, 3.8) is 0 Å². The standard InChI is InChI=1S/C13H13FN2O2/c14-11-9-15-6-5-10(11)3-1-7-16-8-2-4-12(16)13(17)18/h2,4-6,8-9H,1,3,7H2,(H,17,18). The van der Waals surface area contributed by atoms with E-state index in [1.165, 1.54) is 6.20 Å². The molecular weight excluding hydrogens is 235 g/mol. The Kier molecular flexibility index (Phi) is 3.72. The molecule has 18 heavy (non-hydrogen) atoms. The number of pyridine rings is 1. The first-order valence-electron chi connectivity index (χ1n) is 5.65. The Morgan fingerprint density at radius 3 is 3.00 bits per heavy atom. The maximum atomic E-state index is 13.3. The highest BCUT2D eigenvalue weighted by Crippen LogP contribution is 2.10. The van der Waals surface area contributed by atoms with Crippen LogP contribution in [0.15, 0.2) is 36.8 Å². The molecule has 4 nitrogen and oxygen atoms in total. The number of nitrogens with zero attached hydrogens (tertiary/aromatic N) is 2. The first kappa shape index (κ1) is 12.3. The normalized spacial score (nSPS) is 10.5. The van der Waals surface area contributed by atoms with Gasteiger partial charge in [-0.2, -0.15) is 0 Å². The largest absolute Gasteiger partial charge is 0.477 e. The monoisotopic (exact) mass is 248 g/mol. The predicted molar refractivity (Wildman–Crippen MR) is 63.9 cm³/mol. The van der Waals surface area contributed by atoms with Gasteiger partial charge in [-0.25, -0.2) is 9.18 Å². The summed E-state index contributed by atoms with van der Waals surface area (Å²) in [4.78, 5) is 14.6. The third-order valence-corrected chi connectivity index (χ3v) is 2.75. The SMILES string of the molecule is O=C(O)c1cccn1CCCc1ccncc1F. The van der Waals surface area contributed by atoms with Gasteiger partial charge in [-0.15, -0.1) is 0 Å². The van der Waals surface area contributed by atoms with Gasteiger partial charge in [0.25, 0.3) is 0 Å². The molecule has 0 saturated carbocycles. The van der Waals surface area contributed by atoms with Gasteiger partial charge in [0.15, 0.2) is 0 Å². The van der Waals surface area contributed by atoms with Gasteiger partial charge in [0.1, 0.15) is 11.5 Å². The Morgan fingerprint density at radius 1 is 1.44 bits per heavy atom. The second kappa shape index (κ2) is 5.44. The molecule has 0 saturated heterocycles. The van der Waals surface area contributed by atoms with Crippen molar-refractivity contribution >= 4 is 5.97 Å². The molecule has 0 spiro atoms. The number of carboxylic acids is 1. The van der Waals surface area contributed by atoms with Gasteiger partial charge < -0.3 is 9.67 Å². The van der Waals surface area contributed by atoms with Crippen molar-refractivity contribution in [1.82, 2.24) is 9.55 Å². The third kappa shape index (κ3) is 2.74. The zero-order valence-corrected chi connectivity index (χ0v) is 9.71. The maximum Gasteiger partial charge on any atom is 0.352 e. The van der Waals surface area contributed by atoms with Crippen LogP contribution in [-0.2, 0) is 13.0 Å². The van der Waals surface area contributed by atoms with E-state index in [4.69, 9.17) is 5.11 Å². The summed E-state index contributed by atoms with van der Waals surface area (Å²) in [7, 11) is 0. The molecule has 5 heteroatoms. The second-order valence-electron chi connectivity index (χ2n) is 3.96. The number of rotatable bonds is 5. The fourth-order valence-electron chi connectivity index (χ4n) is 1.85. The molecule has 2 aromatic rings. The molecule has 2 aromatic heterocycles. The Balaban J connectivity index is 1.95. The van der Waals surface area contributed by atoms with Gasteiger partial charge in [-0.05, 0) is 36.6 Å². The molecule has 94 valence electrons. The van der Waals surface area contributed by atoms with Gasteiger partial charge in [0, 0.05) is 18.9 Å². The number of carbonyl (C=O) groups is 1. The number of halogens is 1. The molecule has 0 fully saturated rings. The number of hydrogen-bond acceptors (Lipinski definition) is 2. The van der Waals surface area contributed by atoms with Crippen molar-refractivity contribution in [2.45, 2.75) is 19.4 Å². The molecule has 2 heterocycles. The van der Waals surface area contributed by atoms with Crippen LogP contribution in [0.25, 0.3) is 0 Å². The van der Waals surface area contributed by atoms with Crippen LogP contribution in [0.3, 0.4) is 0 Å². The lowest BCUT2D eigenvalue weighted by molar-refractivity contribution is 0.0685. The number of aromatic carboxylic acids is 1. The lowest BCUT2D eigenvalue weighted by atomic mass is 10.1. The highest BCUT2D eigenvalue weighted by Gasteiger charge is 2.08. The van der Waals surface area contributed by atoms with Crippen molar-refractivity contribution in [3.05, 3.63) is 53.9 Å². The van der Waals surface area contributed by atoms with Gasteiger partial charge in [-0.1, -0.05) is 0 Å². The van der Waals surface area contributed by atoms with E-state index in [9.17, 15) is 9.18 Å². The second-order valence-corrected chi connectivity index (χ2v) is 3.96. The molecule has 0 bridgehead atoms.